The zero-order valence-electron chi connectivity index (χ0n) is 14.2. The van der Waals surface area contributed by atoms with E-state index in [0.29, 0.717) is 11.3 Å². The topological polar surface area (TPSA) is 50.4 Å². The number of anilines is 1. The molecule has 0 heterocycles. The molecule has 0 spiro atoms. The number of hydrogen-bond donors (Lipinski definition) is 2. The summed E-state index contributed by atoms with van der Waals surface area (Å²) in [5.74, 6) is 0.450. The fraction of sp³-hybridized carbons (Fsp3) is 0.0476. The van der Waals surface area contributed by atoms with Crippen LogP contribution in [0, 0.1) is 0 Å². The van der Waals surface area contributed by atoms with Crippen molar-refractivity contribution in [3.8, 4) is 16.9 Å². The van der Waals surface area contributed by atoms with E-state index in [2.05, 4.69) is 10.6 Å². The molecule has 3 aromatic carbocycles. The minimum Gasteiger partial charge on any atom is -0.497 e. The molecular weight excluding hydrogens is 344 g/mol. The van der Waals surface area contributed by atoms with Crippen molar-refractivity contribution in [3.63, 3.8) is 0 Å². The smallest absolute Gasteiger partial charge is 0.257 e. The maximum absolute atomic E-state index is 12.4. The highest BCUT2D eigenvalue weighted by molar-refractivity contribution is 7.80. The van der Waals surface area contributed by atoms with E-state index in [1.165, 1.54) is 0 Å². The van der Waals surface area contributed by atoms with Gasteiger partial charge in [0.1, 0.15) is 5.75 Å². The van der Waals surface area contributed by atoms with Crippen LogP contribution in [0.3, 0.4) is 0 Å². The Balaban J connectivity index is 1.63. The molecule has 0 saturated carbocycles. The van der Waals surface area contributed by atoms with Crippen LogP contribution in [0.5, 0.6) is 5.75 Å². The summed E-state index contributed by atoms with van der Waals surface area (Å²) in [7, 11) is 1.60. The van der Waals surface area contributed by atoms with Gasteiger partial charge < -0.3 is 10.1 Å². The van der Waals surface area contributed by atoms with Crippen LogP contribution in [0.15, 0.2) is 78.9 Å². The lowest BCUT2D eigenvalue weighted by molar-refractivity contribution is 0.0978. The standard InChI is InChI=1S/C21H18N2O2S/c1-25-19-9-5-8-18(14-19)22-21(26)23-20(24)17-12-10-16(11-13-17)15-6-3-2-4-7-15/h2-14H,1H3,(H2,22,23,24,26). The Labute approximate surface area is 157 Å². The molecule has 130 valence electrons. The number of carbonyl (C=O) groups excluding carboxylic acids is 1. The molecule has 0 saturated heterocycles. The molecule has 5 heteroatoms. The summed E-state index contributed by atoms with van der Waals surface area (Å²) in [6.07, 6.45) is 0. The molecule has 4 nitrogen and oxygen atoms in total. The maximum atomic E-state index is 12.4. The highest BCUT2D eigenvalue weighted by atomic mass is 32.1. The van der Waals surface area contributed by atoms with Crippen LogP contribution in [0.4, 0.5) is 5.69 Å². The second-order valence-corrected chi connectivity index (χ2v) is 5.99. The Morgan fingerprint density at radius 1 is 0.885 bits per heavy atom. The molecule has 0 radical (unpaired) electrons. The summed E-state index contributed by atoms with van der Waals surface area (Å²) in [5.41, 5.74) is 3.45. The monoisotopic (exact) mass is 362 g/mol. The first-order valence-corrected chi connectivity index (χ1v) is 8.48. The number of carbonyl (C=O) groups is 1. The SMILES string of the molecule is COc1cccc(NC(=S)NC(=O)c2ccc(-c3ccccc3)cc2)c1. The fourth-order valence-corrected chi connectivity index (χ4v) is 2.69. The number of nitrogens with one attached hydrogen (secondary N) is 2. The average molecular weight is 362 g/mol. The van der Waals surface area contributed by atoms with Gasteiger partial charge in [-0.25, -0.2) is 0 Å². The van der Waals surface area contributed by atoms with Crippen molar-refractivity contribution in [2.75, 3.05) is 12.4 Å². The van der Waals surface area contributed by atoms with Gasteiger partial charge in [-0.05, 0) is 47.6 Å². The first-order valence-electron chi connectivity index (χ1n) is 8.07. The highest BCUT2D eigenvalue weighted by Crippen LogP contribution is 2.19. The molecule has 0 aromatic heterocycles. The largest absolute Gasteiger partial charge is 0.497 e. The van der Waals surface area contributed by atoms with Gasteiger partial charge in [0.05, 0.1) is 7.11 Å². The minimum absolute atomic E-state index is 0.232. The fourth-order valence-electron chi connectivity index (χ4n) is 2.48. The van der Waals surface area contributed by atoms with Crippen molar-refractivity contribution >= 4 is 28.9 Å². The predicted octanol–water partition coefficient (Wildman–Crippen LogP) is 4.49. The molecule has 0 aliphatic carbocycles. The first kappa shape index (κ1) is 17.6. The lowest BCUT2D eigenvalue weighted by atomic mass is 10.0. The van der Waals surface area contributed by atoms with E-state index in [1.54, 1.807) is 25.3 Å². The van der Waals surface area contributed by atoms with Crippen molar-refractivity contribution in [1.29, 1.82) is 0 Å². The normalized spacial score (nSPS) is 10.0. The quantitative estimate of drug-likeness (QED) is 0.672. The van der Waals surface area contributed by atoms with Crippen LogP contribution in [0.1, 0.15) is 10.4 Å². The number of amides is 1. The van der Waals surface area contributed by atoms with E-state index in [9.17, 15) is 4.79 Å². The van der Waals surface area contributed by atoms with Crippen molar-refractivity contribution in [3.05, 3.63) is 84.4 Å². The molecule has 0 unspecified atom stereocenters. The Morgan fingerprint density at radius 2 is 1.58 bits per heavy atom. The van der Waals surface area contributed by atoms with Gasteiger partial charge in [0, 0.05) is 17.3 Å². The summed E-state index contributed by atoms with van der Waals surface area (Å²) in [6, 6.07) is 24.7. The Kier molecular flexibility index (Phi) is 5.61. The molecule has 0 bridgehead atoms. The third-order valence-corrected chi connectivity index (χ3v) is 4.01. The van der Waals surface area contributed by atoms with E-state index < -0.39 is 0 Å². The van der Waals surface area contributed by atoms with Gasteiger partial charge in [-0.15, -0.1) is 0 Å². The Bertz CT molecular complexity index is 909. The van der Waals surface area contributed by atoms with Crippen molar-refractivity contribution in [2.45, 2.75) is 0 Å². The Hall–Kier alpha value is -3.18. The van der Waals surface area contributed by atoms with Gasteiger partial charge in [0.25, 0.3) is 5.91 Å². The molecule has 0 fully saturated rings. The van der Waals surface area contributed by atoms with Crippen LogP contribution >= 0.6 is 12.2 Å². The van der Waals surface area contributed by atoms with Crippen LogP contribution < -0.4 is 15.4 Å². The van der Waals surface area contributed by atoms with E-state index in [-0.39, 0.29) is 11.0 Å². The van der Waals surface area contributed by atoms with Gasteiger partial charge in [-0.2, -0.15) is 0 Å². The number of thiocarbonyl (C=S) groups is 1. The highest BCUT2D eigenvalue weighted by Gasteiger charge is 2.08. The van der Waals surface area contributed by atoms with Gasteiger partial charge >= 0.3 is 0 Å². The first-order chi connectivity index (χ1) is 12.7. The van der Waals surface area contributed by atoms with Crippen molar-refractivity contribution < 1.29 is 9.53 Å². The molecule has 1 amide bonds. The van der Waals surface area contributed by atoms with E-state index in [0.717, 1.165) is 16.8 Å². The maximum Gasteiger partial charge on any atom is 0.257 e. The summed E-state index contributed by atoms with van der Waals surface area (Å²) in [4.78, 5) is 12.4. The number of rotatable bonds is 4. The molecule has 0 aliphatic heterocycles. The summed E-state index contributed by atoms with van der Waals surface area (Å²) in [5, 5.41) is 5.89. The van der Waals surface area contributed by atoms with Crippen LogP contribution in [0.25, 0.3) is 11.1 Å². The number of benzene rings is 3. The van der Waals surface area contributed by atoms with E-state index >= 15 is 0 Å². The van der Waals surface area contributed by atoms with E-state index in [1.807, 2.05) is 60.7 Å². The third kappa shape index (κ3) is 4.46. The lowest BCUT2D eigenvalue weighted by Gasteiger charge is -2.11. The lowest BCUT2D eigenvalue weighted by Crippen LogP contribution is -2.34. The van der Waals surface area contributed by atoms with Gasteiger partial charge in [0.15, 0.2) is 5.11 Å². The zero-order valence-corrected chi connectivity index (χ0v) is 15.0. The van der Waals surface area contributed by atoms with Gasteiger partial charge in [-0.1, -0.05) is 48.5 Å². The number of ether oxygens (including phenoxy) is 1. The molecule has 3 rings (SSSR count). The number of hydrogen-bond acceptors (Lipinski definition) is 3. The molecule has 0 atom stereocenters. The second-order valence-electron chi connectivity index (χ2n) is 5.58. The van der Waals surface area contributed by atoms with Crippen LogP contribution in [-0.2, 0) is 0 Å². The van der Waals surface area contributed by atoms with Crippen molar-refractivity contribution in [2.24, 2.45) is 0 Å². The molecule has 3 aromatic rings. The summed E-state index contributed by atoms with van der Waals surface area (Å²) in [6.45, 7) is 0. The molecule has 0 aliphatic rings. The van der Waals surface area contributed by atoms with Gasteiger partial charge in [0.2, 0.25) is 0 Å². The summed E-state index contributed by atoms with van der Waals surface area (Å²) < 4.78 is 5.16. The summed E-state index contributed by atoms with van der Waals surface area (Å²) >= 11 is 5.21. The zero-order chi connectivity index (χ0) is 18.4. The second kappa shape index (κ2) is 8.27. The molecular formula is C21H18N2O2S. The molecule has 2 N–H and O–H groups in total. The third-order valence-electron chi connectivity index (χ3n) is 3.81. The van der Waals surface area contributed by atoms with Crippen LogP contribution in [0.2, 0.25) is 0 Å². The van der Waals surface area contributed by atoms with E-state index in [4.69, 9.17) is 17.0 Å². The predicted molar refractivity (Wildman–Crippen MR) is 109 cm³/mol. The van der Waals surface area contributed by atoms with Crippen LogP contribution in [-0.4, -0.2) is 18.1 Å². The molecule has 26 heavy (non-hydrogen) atoms. The van der Waals surface area contributed by atoms with Crippen molar-refractivity contribution in [1.82, 2.24) is 5.32 Å². The van der Waals surface area contributed by atoms with Gasteiger partial charge in [-0.3, -0.25) is 10.1 Å². The minimum atomic E-state index is -0.259. The Morgan fingerprint density at radius 3 is 2.27 bits per heavy atom. The average Bonchev–Trinajstić information content (AvgIpc) is 2.69. The number of methoxy groups -OCH3 is 1.